The van der Waals surface area contributed by atoms with Crippen LogP contribution in [0.1, 0.15) is 57.2 Å². The number of hydrogen-bond donors (Lipinski definition) is 1. The number of unbranched alkanes of at least 4 members (excludes halogenated alkanes) is 3. The van der Waals surface area contributed by atoms with Crippen LogP contribution in [0.5, 0.6) is 0 Å². The summed E-state index contributed by atoms with van der Waals surface area (Å²) in [6.07, 6.45) is 5.94. The van der Waals surface area contributed by atoms with E-state index in [1.165, 1.54) is 0 Å². The van der Waals surface area contributed by atoms with E-state index in [9.17, 15) is 4.79 Å². The number of nitrogens with one attached hydrogen (secondary N) is 1. The fourth-order valence-electron chi connectivity index (χ4n) is 4.28. The number of H-pyrrole nitrogens is 1. The van der Waals surface area contributed by atoms with Gasteiger partial charge in [0.25, 0.3) is 0 Å². The number of aromatic nitrogens is 6. The molecule has 0 amide bonds. The first-order chi connectivity index (χ1) is 16.6. The molecule has 0 bridgehead atoms. The summed E-state index contributed by atoms with van der Waals surface area (Å²) in [5.41, 5.74) is 4.86. The van der Waals surface area contributed by atoms with Crippen molar-refractivity contribution in [2.24, 2.45) is 0 Å². The number of tetrazole rings is 1. The molecular formula is C26H31ClN6O. The molecule has 0 saturated carbocycles. The highest BCUT2D eigenvalue weighted by molar-refractivity contribution is 6.30. The average Bonchev–Trinajstić information content (AvgIpc) is 3.47. The lowest BCUT2D eigenvalue weighted by Crippen LogP contribution is -2.26. The third kappa shape index (κ3) is 5.14. The van der Waals surface area contributed by atoms with Gasteiger partial charge in [-0.15, -0.1) is 5.10 Å². The maximum Gasteiger partial charge on any atom is 0.329 e. The zero-order valence-corrected chi connectivity index (χ0v) is 20.6. The molecule has 2 aromatic carbocycles. The van der Waals surface area contributed by atoms with Crippen molar-refractivity contribution >= 4 is 11.6 Å². The number of hydrogen-bond acceptors (Lipinski definition) is 4. The highest BCUT2D eigenvalue weighted by atomic mass is 35.5. The maximum absolute atomic E-state index is 13.4. The lowest BCUT2D eigenvalue weighted by molar-refractivity contribution is 0.573. The van der Waals surface area contributed by atoms with E-state index in [1.54, 1.807) is 4.57 Å². The molecular weight excluding hydrogens is 448 g/mol. The van der Waals surface area contributed by atoms with Crippen molar-refractivity contribution in [3.8, 4) is 22.5 Å². The molecule has 34 heavy (non-hydrogen) atoms. The number of imidazole rings is 1. The topological polar surface area (TPSA) is 81.4 Å². The molecule has 4 aromatic rings. The largest absolute Gasteiger partial charge is 0.329 e. The van der Waals surface area contributed by atoms with E-state index in [0.717, 1.165) is 66.5 Å². The first-order valence-electron chi connectivity index (χ1n) is 12.0. The zero-order chi connectivity index (χ0) is 23.9. The fourth-order valence-corrected chi connectivity index (χ4v) is 4.64. The first-order valence-corrected chi connectivity index (χ1v) is 12.4. The Morgan fingerprint density at radius 3 is 2.44 bits per heavy atom. The molecule has 4 rings (SSSR count). The number of aromatic amines is 1. The van der Waals surface area contributed by atoms with Crippen molar-refractivity contribution < 1.29 is 0 Å². The SMILES string of the molecule is CCCCCn1c(Cl)c(CCCC)n(Cc2ccc(-c3ccccc3)c(-c3nnn[nH]3)c2)c1=O. The number of benzene rings is 2. The van der Waals surface area contributed by atoms with Gasteiger partial charge in [0.05, 0.1) is 12.2 Å². The van der Waals surface area contributed by atoms with Gasteiger partial charge in [-0.25, -0.2) is 9.89 Å². The Labute approximate surface area is 204 Å². The van der Waals surface area contributed by atoms with Crippen LogP contribution in [0.3, 0.4) is 0 Å². The Balaban J connectivity index is 1.74. The number of rotatable bonds is 11. The summed E-state index contributed by atoms with van der Waals surface area (Å²) in [5.74, 6) is 0.592. The number of halogens is 1. The minimum atomic E-state index is -0.0396. The van der Waals surface area contributed by atoms with Crippen LogP contribution in [-0.4, -0.2) is 29.8 Å². The summed E-state index contributed by atoms with van der Waals surface area (Å²) < 4.78 is 3.58. The van der Waals surface area contributed by atoms with Gasteiger partial charge < -0.3 is 0 Å². The van der Waals surface area contributed by atoms with Crippen LogP contribution in [0.2, 0.25) is 5.15 Å². The quantitative estimate of drug-likeness (QED) is 0.279. The van der Waals surface area contributed by atoms with Crippen molar-refractivity contribution in [2.45, 2.75) is 65.5 Å². The van der Waals surface area contributed by atoms with Crippen LogP contribution in [-0.2, 0) is 19.5 Å². The molecule has 1 N–H and O–H groups in total. The second kappa shape index (κ2) is 11.3. The lowest BCUT2D eigenvalue weighted by Gasteiger charge is -2.12. The molecule has 0 spiro atoms. The van der Waals surface area contributed by atoms with Crippen LogP contribution in [0.15, 0.2) is 53.3 Å². The van der Waals surface area contributed by atoms with Gasteiger partial charge in [0.15, 0.2) is 5.82 Å². The van der Waals surface area contributed by atoms with E-state index in [0.29, 0.717) is 24.1 Å². The summed E-state index contributed by atoms with van der Waals surface area (Å²) in [5, 5.41) is 15.1. The van der Waals surface area contributed by atoms with Crippen LogP contribution < -0.4 is 5.69 Å². The third-order valence-corrected chi connectivity index (χ3v) is 6.55. The van der Waals surface area contributed by atoms with Crippen LogP contribution in [0.25, 0.3) is 22.5 Å². The Morgan fingerprint density at radius 2 is 1.74 bits per heavy atom. The van der Waals surface area contributed by atoms with E-state index in [-0.39, 0.29) is 5.69 Å². The highest BCUT2D eigenvalue weighted by Crippen LogP contribution is 2.31. The zero-order valence-electron chi connectivity index (χ0n) is 19.8. The molecule has 0 atom stereocenters. The van der Waals surface area contributed by atoms with Gasteiger partial charge in [-0.3, -0.25) is 9.13 Å². The van der Waals surface area contributed by atoms with Crippen LogP contribution >= 0.6 is 11.6 Å². The monoisotopic (exact) mass is 478 g/mol. The van der Waals surface area contributed by atoms with E-state index in [4.69, 9.17) is 11.6 Å². The van der Waals surface area contributed by atoms with Gasteiger partial charge in [0.2, 0.25) is 0 Å². The molecule has 0 radical (unpaired) electrons. The van der Waals surface area contributed by atoms with Gasteiger partial charge in [-0.2, -0.15) is 0 Å². The summed E-state index contributed by atoms with van der Waals surface area (Å²) in [6.45, 7) is 5.40. The molecule has 2 heterocycles. The van der Waals surface area contributed by atoms with Crippen molar-refractivity contribution in [2.75, 3.05) is 0 Å². The summed E-state index contributed by atoms with van der Waals surface area (Å²) in [7, 11) is 0. The predicted molar refractivity (Wildman–Crippen MR) is 136 cm³/mol. The molecule has 0 fully saturated rings. The van der Waals surface area contributed by atoms with Crippen molar-refractivity contribution in [1.29, 1.82) is 0 Å². The van der Waals surface area contributed by atoms with Gasteiger partial charge in [0, 0.05) is 12.1 Å². The number of nitrogens with zero attached hydrogens (tertiary/aromatic N) is 5. The van der Waals surface area contributed by atoms with Crippen molar-refractivity contribution in [3.05, 3.63) is 75.4 Å². The minimum Gasteiger partial charge on any atom is -0.290 e. The second-order valence-corrected chi connectivity index (χ2v) is 8.92. The molecule has 0 aliphatic rings. The second-order valence-electron chi connectivity index (χ2n) is 8.56. The molecule has 0 aliphatic heterocycles. The minimum absolute atomic E-state index is 0.0396. The van der Waals surface area contributed by atoms with Gasteiger partial charge >= 0.3 is 5.69 Å². The molecule has 8 heteroatoms. The smallest absolute Gasteiger partial charge is 0.290 e. The maximum atomic E-state index is 13.4. The summed E-state index contributed by atoms with van der Waals surface area (Å²) in [4.78, 5) is 13.4. The molecule has 7 nitrogen and oxygen atoms in total. The third-order valence-electron chi connectivity index (χ3n) is 6.13. The highest BCUT2D eigenvalue weighted by Gasteiger charge is 2.19. The normalized spacial score (nSPS) is 11.3. The van der Waals surface area contributed by atoms with Crippen LogP contribution in [0.4, 0.5) is 0 Å². The fraction of sp³-hybridized carbons (Fsp3) is 0.385. The Hall–Kier alpha value is -3.19. The van der Waals surface area contributed by atoms with Crippen molar-refractivity contribution in [1.82, 2.24) is 29.8 Å². The van der Waals surface area contributed by atoms with E-state index in [2.05, 4.69) is 64.8 Å². The van der Waals surface area contributed by atoms with E-state index < -0.39 is 0 Å². The average molecular weight is 479 g/mol. The van der Waals surface area contributed by atoms with Gasteiger partial charge in [0.1, 0.15) is 5.15 Å². The van der Waals surface area contributed by atoms with E-state index >= 15 is 0 Å². The molecule has 0 aliphatic carbocycles. The summed E-state index contributed by atoms with van der Waals surface area (Å²) in [6, 6.07) is 16.3. The summed E-state index contributed by atoms with van der Waals surface area (Å²) >= 11 is 6.74. The molecule has 2 aromatic heterocycles. The van der Waals surface area contributed by atoms with E-state index in [1.807, 2.05) is 22.8 Å². The lowest BCUT2D eigenvalue weighted by atomic mass is 9.97. The standard InChI is InChI=1S/C26H31ClN6O/c1-3-5-10-16-32-24(27)23(13-6-4-2)33(26(32)34)18-19-14-15-21(20-11-8-7-9-12-20)22(17-19)25-28-30-31-29-25/h7-9,11-12,14-15,17H,3-6,10,13,16,18H2,1-2H3,(H,28,29,30,31). The Bertz CT molecular complexity index is 1260. The van der Waals surface area contributed by atoms with Gasteiger partial charge in [-0.1, -0.05) is 87.2 Å². The molecule has 0 unspecified atom stereocenters. The Morgan fingerprint density at radius 1 is 0.941 bits per heavy atom. The predicted octanol–water partition coefficient (Wildman–Crippen LogP) is 5.73. The van der Waals surface area contributed by atoms with Crippen molar-refractivity contribution in [3.63, 3.8) is 0 Å². The van der Waals surface area contributed by atoms with Gasteiger partial charge in [-0.05, 0) is 52.4 Å². The molecule has 178 valence electrons. The molecule has 0 saturated heterocycles. The first kappa shape index (κ1) is 24.0. The van der Waals surface area contributed by atoms with Crippen LogP contribution in [0, 0.1) is 0 Å². The Kier molecular flexibility index (Phi) is 7.95.